The van der Waals surface area contributed by atoms with Crippen molar-refractivity contribution in [3.05, 3.63) is 47.5 Å². The Morgan fingerprint density at radius 3 is 2.44 bits per heavy atom. The molecule has 0 aliphatic carbocycles. The van der Waals surface area contributed by atoms with Crippen molar-refractivity contribution >= 4 is 17.6 Å². The summed E-state index contributed by atoms with van der Waals surface area (Å²) < 4.78 is 8.40. The third kappa shape index (κ3) is 3.84. The Hall–Kier alpha value is -3.56. The number of aromatic nitrogens is 6. The van der Waals surface area contributed by atoms with E-state index in [0.29, 0.717) is 22.6 Å². The third-order valence-corrected chi connectivity index (χ3v) is 4.13. The maximum Gasteiger partial charge on any atom is 0.338 e. The van der Waals surface area contributed by atoms with Crippen LogP contribution in [0.1, 0.15) is 28.7 Å². The van der Waals surface area contributed by atoms with E-state index in [1.807, 2.05) is 6.92 Å². The molecule has 2 heterocycles. The molecule has 0 fully saturated rings. The van der Waals surface area contributed by atoms with Crippen molar-refractivity contribution < 1.29 is 14.3 Å². The number of esters is 1. The lowest BCUT2D eigenvalue weighted by Crippen LogP contribution is -2.30. The van der Waals surface area contributed by atoms with Crippen LogP contribution in [0, 0.1) is 13.8 Å². The fourth-order valence-corrected chi connectivity index (χ4v) is 2.49. The summed E-state index contributed by atoms with van der Waals surface area (Å²) in [6, 6.07) is 6.53. The minimum absolute atomic E-state index is 0.320. The molecule has 140 valence electrons. The molecule has 27 heavy (non-hydrogen) atoms. The number of carbonyl (C=O) groups is 2. The van der Waals surface area contributed by atoms with Crippen LogP contribution in [0.3, 0.4) is 0 Å². The summed E-state index contributed by atoms with van der Waals surface area (Å²) >= 11 is 0. The number of rotatable bonds is 5. The number of hydrogen-bond acceptors (Lipinski definition) is 7. The molecule has 1 atom stereocenters. The lowest BCUT2D eigenvalue weighted by molar-refractivity contribution is -0.123. The van der Waals surface area contributed by atoms with Gasteiger partial charge in [0.05, 0.1) is 28.3 Å². The highest BCUT2D eigenvalue weighted by atomic mass is 16.5. The van der Waals surface area contributed by atoms with E-state index >= 15 is 0 Å². The van der Waals surface area contributed by atoms with E-state index in [0.717, 1.165) is 5.69 Å². The molecule has 10 nitrogen and oxygen atoms in total. The van der Waals surface area contributed by atoms with Gasteiger partial charge in [0.25, 0.3) is 5.91 Å². The lowest BCUT2D eigenvalue weighted by Gasteiger charge is -2.14. The van der Waals surface area contributed by atoms with E-state index in [9.17, 15) is 9.59 Å². The number of nitrogens with one attached hydrogen (secondary N) is 1. The molecule has 0 saturated carbocycles. The Bertz CT molecular complexity index is 961. The van der Waals surface area contributed by atoms with Crippen LogP contribution in [0.4, 0.5) is 5.69 Å². The lowest BCUT2D eigenvalue weighted by atomic mass is 10.2. The molecule has 0 saturated heterocycles. The zero-order chi connectivity index (χ0) is 19.6. The van der Waals surface area contributed by atoms with E-state index in [1.165, 1.54) is 17.9 Å². The van der Waals surface area contributed by atoms with Crippen LogP contribution in [-0.4, -0.2) is 48.0 Å². The van der Waals surface area contributed by atoms with Crippen LogP contribution in [0.2, 0.25) is 0 Å². The Morgan fingerprint density at radius 2 is 1.89 bits per heavy atom. The number of benzene rings is 1. The van der Waals surface area contributed by atoms with E-state index in [-0.39, 0.29) is 0 Å². The number of tetrazole rings is 1. The van der Waals surface area contributed by atoms with Gasteiger partial charge in [-0.3, -0.25) is 9.48 Å². The van der Waals surface area contributed by atoms with Gasteiger partial charge in [-0.25, -0.2) is 9.48 Å². The highest BCUT2D eigenvalue weighted by Gasteiger charge is 2.21. The number of ether oxygens (including phenoxy) is 1. The van der Waals surface area contributed by atoms with Gasteiger partial charge in [-0.15, -0.1) is 5.10 Å². The van der Waals surface area contributed by atoms with Crippen LogP contribution in [0.15, 0.2) is 30.6 Å². The standard InChI is InChI=1S/C17H19N7O3/c1-10-15(11(2)23(4)20-10)19-16(25)12(3)27-17(26)13-5-7-14(8-6-13)24-9-18-21-22-24/h5-9,12H,1-4H3,(H,19,25)/t12-/m1/s1. The van der Waals surface area contributed by atoms with Gasteiger partial charge < -0.3 is 10.1 Å². The first-order chi connectivity index (χ1) is 12.9. The van der Waals surface area contributed by atoms with Gasteiger partial charge >= 0.3 is 5.97 Å². The molecule has 10 heteroatoms. The highest BCUT2D eigenvalue weighted by molar-refractivity contribution is 5.98. The van der Waals surface area contributed by atoms with Crippen molar-refractivity contribution in [3.8, 4) is 5.69 Å². The van der Waals surface area contributed by atoms with E-state index in [1.54, 1.807) is 42.9 Å². The minimum Gasteiger partial charge on any atom is -0.449 e. The third-order valence-electron chi connectivity index (χ3n) is 4.13. The Morgan fingerprint density at radius 1 is 1.19 bits per heavy atom. The second-order valence-electron chi connectivity index (χ2n) is 6.01. The van der Waals surface area contributed by atoms with Crippen LogP contribution in [0.25, 0.3) is 5.69 Å². The fraction of sp³-hybridized carbons (Fsp3) is 0.294. The molecule has 1 N–H and O–H groups in total. The summed E-state index contributed by atoms with van der Waals surface area (Å²) in [5.74, 6) is -1.02. The molecule has 1 amide bonds. The van der Waals surface area contributed by atoms with Crippen molar-refractivity contribution in [2.75, 3.05) is 5.32 Å². The second-order valence-corrected chi connectivity index (χ2v) is 6.01. The van der Waals surface area contributed by atoms with Crippen molar-refractivity contribution in [2.45, 2.75) is 26.9 Å². The molecule has 0 radical (unpaired) electrons. The smallest absolute Gasteiger partial charge is 0.338 e. The van der Waals surface area contributed by atoms with Crippen LogP contribution < -0.4 is 5.32 Å². The summed E-state index contributed by atoms with van der Waals surface area (Å²) in [4.78, 5) is 24.6. The van der Waals surface area contributed by atoms with Gasteiger partial charge in [0.15, 0.2) is 6.10 Å². The Labute approximate surface area is 155 Å². The maximum atomic E-state index is 12.4. The Balaban J connectivity index is 1.63. The SMILES string of the molecule is Cc1nn(C)c(C)c1NC(=O)[C@@H](C)OC(=O)c1ccc(-n2cnnn2)cc1. The molecule has 0 spiro atoms. The van der Waals surface area contributed by atoms with Crippen molar-refractivity contribution in [1.29, 1.82) is 0 Å². The predicted octanol–water partition coefficient (Wildman–Crippen LogP) is 1.20. The monoisotopic (exact) mass is 369 g/mol. The summed E-state index contributed by atoms with van der Waals surface area (Å²) in [5, 5.41) is 17.9. The van der Waals surface area contributed by atoms with E-state index in [2.05, 4.69) is 25.9 Å². The van der Waals surface area contributed by atoms with Crippen LogP contribution in [0.5, 0.6) is 0 Å². The summed E-state index contributed by atoms with van der Waals surface area (Å²) in [5.41, 5.74) is 3.15. The van der Waals surface area contributed by atoms with Gasteiger partial charge in [0.1, 0.15) is 6.33 Å². The average molecular weight is 369 g/mol. The molecule has 3 aromatic rings. The van der Waals surface area contributed by atoms with E-state index < -0.39 is 18.0 Å². The average Bonchev–Trinajstić information content (AvgIpc) is 3.26. The normalized spacial score (nSPS) is 11.9. The first kappa shape index (κ1) is 18.2. The van der Waals surface area contributed by atoms with Gasteiger partial charge in [0.2, 0.25) is 0 Å². The number of hydrogen-bond donors (Lipinski definition) is 1. The molecule has 0 bridgehead atoms. The molecule has 2 aromatic heterocycles. The molecule has 1 aromatic carbocycles. The number of amides is 1. The highest BCUT2D eigenvalue weighted by Crippen LogP contribution is 2.19. The molecular formula is C17H19N7O3. The molecule has 0 aliphatic rings. The first-order valence-corrected chi connectivity index (χ1v) is 8.22. The Kier molecular flexibility index (Phi) is 4.97. The number of aryl methyl sites for hydroxylation is 2. The van der Waals surface area contributed by atoms with Crippen LogP contribution >= 0.6 is 0 Å². The topological polar surface area (TPSA) is 117 Å². The zero-order valence-corrected chi connectivity index (χ0v) is 15.4. The second kappa shape index (κ2) is 7.36. The zero-order valence-electron chi connectivity index (χ0n) is 15.4. The fourth-order valence-electron chi connectivity index (χ4n) is 2.49. The number of nitrogens with zero attached hydrogens (tertiary/aromatic N) is 6. The summed E-state index contributed by atoms with van der Waals surface area (Å²) in [7, 11) is 1.79. The van der Waals surface area contributed by atoms with Gasteiger partial charge in [-0.1, -0.05) is 0 Å². The van der Waals surface area contributed by atoms with Gasteiger partial charge in [-0.05, 0) is 55.5 Å². The van der Waals surface area contributed by atoms with Crippen LogP contribution in [-0.2, 0) is 16.6 Å². The quantitative estimate of drug-likeness (QED) is 0.672. The summed E-state index contributed by atoms with van der Waals surface area (Å²) in [6.07, 6.45) is 0.484. The maximum absolute atomic E-state index is 12.4. The minimum atomic E-state index is -0.962. The molecular weight excluding hydrogens is 350 g/mol. The van der Waals surface area contributed by atoms with Crippen molar-refractivity contribution in [2.24, 2.45) is 7.05 Å². The largest absolute Gasteiger partial charge is 0.449 e. The van der Waals surface area contributed by atoms with Crippen molar-refractivity contribution in [1.82, 2.24) is 30.0 Å². The van der Waals surface area contributed by atoms with Crippen molar-refractivity contribution in [3.63, 3.8) is 0 Å². The first-order valence-electron chi connectivity index (χ1n) is 8.22. The van der Waals surface area contributed by atoms with E-state index in [4.69, 9.17) is 4.74 Å². The predicted molar refractivity (Wildman–Crippen MR) is 95.3 cm³/mol. The summed E-state index contributed by atoms with van der Waals surface area (Å²) in [6.45, 7) is 5.16. The molecule has 0 unspecified atom stereocenters. The number of carbonyl (C=O) groups excluding carboxylic acids is 2. The van der Waals surface area contributed by atoms with Gasteiger partial charge in [0, 0.05) is 7.05 Å². The van der Waals surface area contributed by atoms with Gasteiger partial charge in [-0.2, -0.15) is 5.10 Å². The molecule has 0 aliphatic heterocycles. The molecule has 3 rings (SSSR count). The number of anilines is 1.